The van der Waals surface area contributed by atoms with Crippen molar-refractivity contribution < 1.29 is 22.8 Å². The molecule has 2 N–H and O–H groups in total. The van der Waals surface area contributed by atoms with Crippen LogP contribution in [0, 0.1) is 0 Å². The van der Waals surface area contributed by atoms with Crippen LogP contribution >= 0.6 is 11.3 Å². The summed E-state index contributed by atoms with van der Waals surface area (Å²) in [5.41, 5.74) is 2.59. The molecule has 0 radical (unpaired) electrons. The van der Waals surface area contributed by atoms with E-state index in [1.54, 1.807) is 11.3 Å². The van der Waals surface area contributed by atoms with Crippen molar-refractivity contribution in [1.82, 2.24) is 10.2 Å². The van der Waals surface area contributed by atoms with Crippen molar-refractivity contribution in [3.05, 3.63) is 87.6 Å². The summed E-state index contributed by atoms with van der Waals surface area (Å²) in [4.78, 5) is 27.0. The van der Waals surface area contributed by atoms with Crippen molar-refractivity contribution in [3.63, 3.8) is 0 Å². The highest BCUT2D eigenvalue weighted by Gasteiger charge is 2.31. The topological polar surface area (TPSA) is 61.4 Å². The molecule has 5 nitrogen and oxygen atoms in total. The first-order chi connectivity index (χ1) is 15.8. The number of nitrogens with zero attached hydrogens (tertiary/aromatic N) is 1. The van der Waals surface area contributed by atoms with Gasteiger partial charge in [0.1, 0.15) is 0 Å². The summed E-state index contributed by atoms with van der Waals surface area (Å²) in [6, 6.07) is 14.3. The van der Waals surface area contributed by atoms with Crippen LogP contribution in [0.4, 0.5) is 18.9 Å². The summed E-state index contributed by atoms with van der Waals surface area (Å²) in [6.07, 6.45) is -3.65. The van der Waals surface area contributed by atoms with E-state index in [1.165, 1.54) is 23.3 Å². The molecule has 0 aliphatic carbocycles. The number of carbonyl (C=O) groups is 2. The van der Waals surface area contributed by atoms with E-state index < -0.39 is 23.6 Å². The van der Waals surface area contributed by atoms with Gasteiger partial charge in [-0.25, -0.2) is 0 Å². The molecule has 33 heavy (non-hydrogen) atoms. The quantitative estimate of drug-likeness (QED) is 0.532. The molecule has 2 aromatic carbocycles. The van der Waals surface area contributed by atoms with Crippen LogP contribution in [0.1, 0.15) is 28.3 Å². The van der Waals surface area contributed by atoms with Gasteiger partial charge in [0.25, 0.3) is 0 Å². The SMILES string of the molecule is O=C(NCC(c1ccsc1)N1CCc2ccccc2C1)C(=O)Nc1cccc(C(F)(F)F)c1. The zero-order valence-corrected chi connectivity index (χ0v) is 18.4. The molecule has 9 heteroatoms. The summed E-state index contributed by atoms with van der Waals surface area (Å²) in [5.74, 6) is -1.91. The Hall–Kier alpha value is -3.17. The van der Waals surface area contributed by atoms with E-state index in [4.69, 9.17) is 0 Å². The minimum atomic E-state index is -4.54. The number of hydrogen-bond acceptors (Lipinski definition) is 4. The lowest BCUT2D eigenvalue weighted by molar-refractivity contribution is -0.137. The van der Waals surface area contributed by atoms with Gasteiger partial charge in [-0.2, -0.15) is 24.5 Å². The Morgan fingerprint density at radius 2 is 1.82 bits per heavy atom. The molecule has 0 saturated carbocycles. The predicted molar refractivity (Wildman–Crippen MR) is 121 cm³/mol. The largest absolute Gasteiger partial charge is 0.416 e. The smallest absolute Gasteiger partial charge is 0.346 e. The number of hydrogen-bond donors (Lipinski definition) is 2. The Bertz CT molecular complexity index is 1130. The maximum Gasteiger partial charge on any atom is 0.416 e. The van der Waals surface area contributed by atoms with Crippen LogP contribution in [0.2, 0.25) is 0 Å². The van der Waals surface area contributed by atoms with Gasteiger partial charge in [-0.05, 0) is 58.1 Å². The number of nitrogens with one attached hydrogen (secondary N) is 2. The highest BCUT2D eigenvalue weighted by atomic mass is 32.1. The maximum atomic E-state index is 12.9. The van der Waals surface area contributed by atoms with E-state index in [0.29, 0.717) is 0 Å². The van der Waals surface area contributed by atoms with Crippen LogP contribution < -0.4 is 10.6 Å². The summed E-state index contributed by atoms with van der Waals surface area (Å²) in [6.45, 7) is 1.74. The molecule has 1 aromatic heterocycles. The van der Waals surface area contributed by atoms with Gasteiger partial charge < -0.3 is 10.6 Å². The molecule has 0 spiro atoms. The highest BCUT2D eigenvalue weighted by Crippen LogP contribution is 2.31. The van der Waals surface area contributed by atoms with Gasteiger partial charge in [0, 0.05) is 25.3 Å². The van der Waals surface area contributed by atoms with E-state index in [-0.39, 0.29) is 18.3 Å². The summed E-state index contributed by atoms with van der Waals surface area (Å²) in [7, 11) is 0. The number of fused-ring (bicyclic) bond motifs is 1. The first-order valence-corrected chi connectivity index (χ1v) is 11.3. The molecule has 2 heterocycles. The van der Waals surface area contributed by atoms with Crippen LogP contribution in [0.3, 0.4) is 0 Å². The number of amides is 2. The molecule has 1 atom stereocenters. The Labute approximate surface area is 193 Å². The second-order valence-corrected chi connectivity index (χ2v) is 8.58. The predicted octanol–water partition coefficient (Wildman–Crippen LogP) is 4.62. The van der Waals surface area contributed by atoms with E-state index in [0.717, 1.165) is 37.2 Å². The van der Waals surface area contributed by atoms with Crippen LogP contribution in [0.15, 0.2) is 65.4 Å². The number of benzene rings is 2. The average molecular weight is 474 g/mol. The fourth-order valence-corrected chi connectivity index (χ4v) is 4.64. The lowest BCUT2D eigenvalue weighted by Gasteiger charge is -2.35. The van der Waals surface area contributed by atoms with Gasteiger partial charge in [-0.3, -0.25) is 14.5 Å². The van der Waals surface area contributed by atoms with Crippen LogP contribution in [-0.2, 0) is 28.7 Å². The summed E-state index contributed by atoms with van der Waals surface area (Å²) in [5, 5.41) is 8.86. The third-order valence-corrected chi connectivity index (χ3v) is 6.34. The van der Waals surface area contributed by atoms with Crippen LogP contribution in [0.5, 0.6) is 0 Å². The zero-order chi connectivity index (χ0) is 23.4. The number of carbonyl (C=O) groups excluding carboxylic acids is 2. The number of alkyl halides is 3. The Balaban J connectivity index is 1.41. The highest BCUT2D eigenvalue weighted by molar-refractivity contribution is 7.08. The molecule has 0 saturated heterocycles. The van der Waals surface area contributed by atoms with Crippen LogP contribution in [-0.4, -0.2) is 29.8 Å². The van der Waals surface area contributed by atoms with Gasteiger partial charge in [-0.15, -0.1) is 0 Å². The van der Waals surface area contributed by atoms with Crippen molar-refractivity contribution in [2.24, 2.45) is 0 Å². The van der Waals surface area contributed by atoms with Gasteiger partial charge >= 0.3 is 18.0 Å². The van der Waals surface area contributed by atoms with Gasteiger partial charge in [-0.1, -0.05) is 30.3 Å². The lowest BCUT2D eigenvalue weighted by Crippen LogP contribution is -2.43. The molecule has 0 fully saturated rings. The first kappa shape index (κ1) is 23.0. The van der Waals surface area contributed by atoms with Crippen molar-refractivity contribution in [2.45, 2.75) is 25.2 Å². The summed E-state index contributed by atoms with van der Waals surface area (Å²) >= 11 is 1.55. The number of anilines is 1. The molecule has 172 valence electrons. The molecule has 1 aliphatic heterocycles. The van der Waals surface area contributed by atoms with Crippen molar-refractivity contribution in [2.75, 3.05) is 18.4 Å². The fourth-order valence-electron chi connectivity index (χ4n) is 3.94. The molecule has 4 rings (SSSR count). The molecule has 0 bridgehead atoms. The number of thiophene rings is 1. The molecule has 2 amide bonds. The van der Waals surface area contributed by atoms with E-state index in [9.17, 15) is 22.8 Å². The third kappa shape index (κ3) is 5.61. The maximum absolute atomic E-state index is 12.9. The lowest BCUT2D eigenvalue weighted by atomic mass is 9.97. The van der Waals surface area contributed by atoms with E-state index >= 15 is 0 Å². The minimum Gasteiger partial charge on any atom is -0.346 e. The number of rotatable bonds is 5. The zero-order valence-electron chi connectivity index (χ0n) is 17.6. The third-order valence-electron chi connectivity index (χ3n) is 5.64. The van der Waals surface area contributed by atoms with Crippen molar-refractivity contribution in [3.8, 4) is 0 Å². The second kappa shape index (κ2) is 9.76. The van der Waals surface area contributed by atoms with Crippen LogP contribution in [0.25, 0.3) is 0 Å². The normalized spacial score (nSPS) is 14.9. The van der Waals surface area contributed by atoms with Gasteiger partial charge in [0.05, 0.1) is 11.6 Å². The number of halogens is 3. The average Bonchev–Trinajstić information content (AvgIpc) is 3.33. The minimum absolute atomic E-state index is 0.0907. The Kier molecular flexibility index (Phi) is 6.80. The summed E-state index contributed by atoms with van der Waals surface area (Å²) < 4.78 is 38.6. The molecule has 1 aliphatic rings. The Morgan fingerprint density at radius 1 is 1.03 bits per heavy atom. The van der Waals surface area contributed by atoms with E-state index in [1.807, 2.05) is 29.0 Å². The molecule has 3 aromatic rings. The molecule has 1 unspecified atom stereocenters. The van der Waals surface area contributed by atoms with E-state index in [2.05, 4.69) is 27.7 Å². The fraction of sp³-hybridized carbons (Fsp3) is 0.250. The molecular formula is C24H22F3N3O2S. The monoisotopic (exact) mass is 473 g/mol. The van der Waals surface area contributed by atoms with Crippen molar-refractivity contribution >= 4 is 28.8 Å². The Morgan fingerprint density at radius 3 is 2.55 bits per heavy atom. The standard InChI is InChI=1S/C24H22F3N3O2S/c25-24(26,27)19-6-3-7-20(12-19)29-23(32)22(31)28-13-21(18-9-11-33-15-18)30-10-8-16-4-1-2-5-17(16)14-30/h1-7,9,11-12,15,21H,8,10,13-14H2,(H,28,31)(H,29,32). The van der Waals surface area contributed by atoms with Gasteiger partial charge in [0.2, 0.25) is 0 Å². The second-order valence-electron chi connectivity index (χ2n) is 7.80. The van der Waals surface area contributed by atoms with Gasteiger partial charge in [0.15, 0.2) is 0 Å². The molecular weight excluding hydrogens is 451 g/mol. The van der Waals surface area contributed by atoms with Crippen molar-refractivity contribution in [1.29, 1.82) is 0 Å². The first-order valence-electron chi connectivity index (χ1n) is 10.4.